The van der Waals surface area contributed by atoms with Gasteiger partial charge in [-0.2, -0.15) is 0 Å². The zero-order valence-corrected chi connectivity index (χ0v) is 15.2. The van der Waals surface area contributed by atoms with Gasteiger partial charge in [0.15, 0.2) is 5.79 Å². The van der Waals surface area contributed by atoms with Crippen LogP contribution in [0.5, 0.6) is 0 Å². The molecule has 1 atom stereocenters. The number of hydrogen-bond acceptors (Lipinski definition) is 4. The van der Waals surface area contributed by atoms with Gasteiger partial charge in [0.05, 0.1) is 18.9 Å². The van der Waals surface area contributed by atoms with Crippen molar-refractivity contribution in [2.45, 2.75) is 44.8 Å². The monoisotopic (exact) mass is 355 g/mol. The summed E-state index contributed by atoms with van der Waals surface area (Å²) in [6.45, 7) is 4.89. The highest BCUT2D eigenvalue weighted by molar-refractivity contribution is 5.79. The predicted molar refractivity (Wildman–Crippen MR) is 95.9 cm³/mol. The van der Waals surface area contributed by atoms with Gasteiger partial charge in [0.2, 0.25) is 5.91 Å². The van der Waals surface area contributed by atoms with Crippen LogP contribution in [0.15, 0.2) is 18.3 Å². The van der Waals surface area contributed by atoms with Crippen LogP contribution in [0, 0.1) is 12.8 Å². The van der Waals surface area contributed by atoms with E-state index >= 15 is 0 Å². The van der Waals surface area contributed by atoms with Crippen LogP contribution < -0.4 is 0 Å². The fourth-order valence-electron chi connectivity index (χ4n) is 4.63. The number of hydrogen-bond donors (Lipinski definition) is 0. The molecule has 0 aromatic carbocycles. The van der Waals surface area contributed by atoms with Crippen molar-refractivity contribution in [3.8, 4) is 0 Å². The first-order chi connectivity index (χ1) is 12.6. The highest BCUT2D eigenvalue weighted by Crippen LogP contribution is 2.33. The van der Waals surface area contributed by atoms with Crippen molar-refractivity contribution >= 4 is 11.6 Å². The van der Waals surface area contributed by atoms with E-state index in [2.05, 4.69) is 29.7 Å². The van der Waals surface area contributed by atoms with Crippen LogP contribution in [0.2, 0.25) is 0 Å². The van der Waals surface area contributed by atoms with Crippen molar-refractivity contribution in [1.82, 2.24) is 14.3 Å². The van der Waals surface area contributed by atoms with E-state index in [9.17, 15) is 4.79 Å². The Morgan fingerprint density at radius 1 is 1.27 bits per heavy atom. The fourth-order valence-corrected chi connectivity index (χ4v) is 4.63. The van der Waals surface area contributed by atoms with Crippen molar-refractivity contribution in [3.63, 3.8) is 0 Å². The maximum Gasteiger partial charge on any atom is 0.226 e. The highest BCUT2D eigenvalue weighted by atomic mass is 16.7. The molecule has 1 unspecified atom stereocenters. The largest absolute Gasteiger partial charge is 0.347 e. The van der Waals surface area contributed by atoms with Gasteiger partial charge >= 0.3 is 0 Å². The minimum Gasteiger partial charge on any atom is -0.347 e. The summed E-state index contributed by atoms with van der Waals surface area (Å²) in [5, 5.41) is 0. The van der Waals surface area contributed by atoms with Crippen LogP contribution in [-0.2, 0) is 27.1 Å². The number of imidazole rings is 1. The second-order valence-corrected chi connectivity index (χ2v) is 7.81. The summed E-state index contributed by atoms with van der Waals surface area (Å²) >= 11 is 0. The second kappa shape index (κ2) is 6.06. The molecule has 2 saturated heterocycles. The fraction of sp³-hybridized carbons (Fsp3) is 0.600. The van der Waals surface area contributed by atoms with Crippen molar-refractivity contribution < 1.29 is 14.3 Å². The summed E-state index contributed by atoms with van der Waals surface area (Å²) in [5.74, 6) is -0.0792. The third kappa shape index (κ3) is 2.63. The lowest BCUT2D eigenvalue weighted by Gasteiger charge is -2.39. The average Bonchev–Trinajstić information content (AvgIpc) is 3.25. The Balaban J connectivity index is 1.31. The first-order valence-corrected chi connectivity index (χ1v) is 9.67. The molecule has 0 saturated carbocycles. The maximum atomic E-state index is 13.1. The third-order valence-corrected chi connectivity index (χ3v) is 6.13. The number of aromatic nitrogens is 2. The van der Waals surface area contributed by atoms with E-state index in [1.54, 1.807) is 0 Å². The minimum atomic E-state index is -0.421. The summed E-state index contributed by atoms with van der Waals surface area (Å²) in [4.78, 5) is 19.9. The molecule has 2 aromatic rings. The standard InChI is InChI=1S/C20H25N3O3/c1-14-4-7-23-17-13-15(2-3-16(17)21-18(23)12-14)19(24)22-8-5-20(6-9-22)25-10-11-26-20/h4,7,12,15H,2-3,5-6,8-11,13H2,1H3. The van der Waals surface area contributed by atoms with Crippen molar-refractivity contribution in [2.24, 2.45) is 5.92 Å². The number of nitrogens with zero attached hydrogens (tertiary/aromatic N) is 3. The van der Waals surface area contributed by atoms with E-state index in [0.717, 1.165) is 56.5 Å². The Morgan fingerprint density at radius 2 is 2.04 bits per heavy atom. The molecule has 4 heterocycles. The first kappa shape index (κ1) is 16.3. The number of ether oxygens (including phenoxy) is 2. The molecule has 1 aliphatic carbocycles. The van der Waals surface area contributed by atoms with Gasteiger partial charge in [-0.15, -0.1) is 0 Å². The molecule has 0 N–H and O–H groups in total. The first-order valence-electron chi connectivity index (χ1n) is 9.67. The molecule has 2 aliphatic heterocycles. The molecular weight excluding hydrogens is 330 g/mol. The molecule has 1 spiro atoms. The van der Waals surface area contributed by atoms with Gasteiger partial charge < -0.3 is 18.8 Å². The summed E-state index contributed by atoms with van der Waals surface area (Å²) in [7, 11) is 0. The number of fused-ring (bicyclic) bond motifs is 3. The highest BCUT2D eigenvalue weighted by Gasteiger charge is 2.42. The quantitative estimate of drug-likeness (QED) is 0.786. The lowest BCUT2D eigenvalue weighted by molar-refractivity contribution is -0.188. The van der Waals surface area contributed by atoms with Crippen LogP contribution >= 0.6 is 0 Å². The summed E-state index contributed by atoms with van der Waals surface area (Å²) < 4.78 is 13.7. The molecular formula is C20H25N3O3. The van der Waals surface area contributed by atoms with Crippen molar-refractivity contribution in [2.75, 3.05) is 26.3 Å². The normalized spacial score (nSPS) is 25.0. The molecule has 2 fully saturated rings. The van der Waals surface area contributed by atoms with Gasteiger partial charge in [-0.1, -0.05) is 0 Å². The van der Waals surface area contributed by atoms with Crippen molar-refractivity contribution in [1.29, 1.82) is 0 Å². The van der Waals surface area contributed by atoms with E-state index < -0.39 is 5.79 Å². The molecule has 3 aliphatic rings. The Morgan fingerprint density at radius 3 is 2.81 bits per heavy atom. The third-order valence-electron chi connectivity index (χ3n) is 6.13. The lowest BCUT2D eigenvalue weighted by atomic mass is 9.88. The maximum absolute atomic E-state index is 13.1. The molecule has 26 heavy (non-hydrogen) atoms. The van der Waals surface area contributed by atoms with Gasteiger partial charge in [-0.05, 0) is 37.5 Å². The second-order valence-electron chi connectivity index (χ2n) is 7.81. The zero-order chi connectivity index (χ0) is 17.7. The van der Waals surface area contributed by atoms with Crippen LogP contribution in [0.25, 0.3) is 5.65 Å². The SMILES string of the molecule is Cc1ccn2c3c(nc2c1)CCC(C(=O)N1CCC2(CC1)OCCO2)C3. The van der Waals surface area contributed by atoms with Crippen LogP contribution in [-0.4, -0.2) is 52.3 Å². The number of amides is 1. The molecule has 6 heteroatoms. The smallest absolute Gasteiger partial charge is 0.226 e. The number of piperidine rings is 1. The number of pyridine rings is 1. The van der Waals surface area contributed by atoms with Crippen LogP contribution in [0.3, 0.4) is 0 Å². The molecule has 6 nitrogen and oxygen atoms in total. The van der Waals surface area contributed by atoms with E-state index in [1.807, 2.05) is 4.90 Å². The minimum absolute atomic E-state index is 0.0585. The topological polar surface area (TPSA) is 56.1 Å². The molecule has 0 radical (unpaired) electrons. The summed E-state index contributed by atoms with van der Waals surface area (Å²) in [5.41, 5.74) is 4.58. The van der Waals surface area contributed by atoms with E-state index in [1.165, 1.54) is 11.3 Å². The molecule has 5 rings (SSSR count). The number of carbonyl (C=O) groups is 1. The molecule has 1 amide bonds. The Kier molecular flexibility index (Phi) is 3.79. The average molecular weight is 355 g/mol. The van der Waals surface area contributed by atoms with E-state index in [-0.39, 0.29) is 11.8 Å². The van der Waals surface area contributed by atoms with E-state index in [0.29, 0.717) is 13.2 Å². The summed E-state index contributed by atoms with van der Waals surface area (Å²) in [6.07, 6.45) is 6.22. The number of aryl methyl sites for hydroxylation is 2. The van der Waals surface area contributed by atoms with Gasteiger partial charge in [0, 0.05) is 50.2 Å². The van der Waals surface area contributed by atoms with Crippen LogP contribution in [0.4, 0.5) is 0 Å². The lowest BCUT2D eigenvalue weighted by Crippen LogP contribution is -2.49. The number of likely N-dealkylation sites (tertiary alicyclic amines) is 1. The predicted octanol–water partition coefficient (Wildman–Crippen LogP) is 2.11. The van der Waals surface area contributed by atoms with Crippen LogP contribution in [0.1, 0.15) is 36.2 Å². The molecule has 0 bridgehead atoms. The molecule has 138 valence electrons. The van der Waals surface area contributed by atoms with Crippen molar-refractivity contribution in [3.05, 3.63) is 35.3 Å². The van der Waals surface area contributed by atoms with E-state index in [4.69, 9.17) is 14.5 Å². The summed E-state index contributed by atoms with van der Waals surface area (Å²) in [6, 6.07) is 4.22. The Hall–Kier alpha value is -1.92. The van der Waals surface area contributed by atoms with Gasteiger partial charge in [-0.3, -0.25) is 4.79 Å². The number of rotatable bonds is 1. The molecule has 2 aromatic heterocycles. The number of carbonyl (C=O) groups excluding carboxylic acids is 1. The van der Waals surface area contributed by atoms with Gasteiger partial charge in [0.25, 0.3) is 0 Å². The Labute approximate surface area is 153 Å². The zero-order valence-electron chi connectivity index (χ0n) is 15.2. The van der Waals surface area contributed by atoms with Gasteiger partial charge in [-0.25, -0.2) is 4.98 Å². The Bertz CT molecular complexity index is 843. The van der Waals surface area contributed by atoms with Gasteiger partial charge in [0.1, 0.15) is 5.65 Å².